The molecule has 0 aliphatic carbocycles. The zero-order valence-electron chi connectivity index (χ0n) is 10.2. The molecule has 0 fully saturated rings. The van der Waals surface area contributed by atoms with Crippen molar-refractivity contribution in [3.05, 3.63) is 16.1 Å². The highest BCUT2D eigenvalue weighted by Gasteiger charge is 2.29. The van der Waals surface area contributed by atoms with Crippen LogP contribution in [-0.2, 0) is 26.7 Å². The Morgan fingerprint density at radius 1 is 1.32 bits per heavy atom. The molecule has 7 nitrogen and oxygen atoms in total. The Morgan fingerprint density at radius 3 is 2.00 bits per heavy atom. The van der Waals surface area contributed by atoms with Crippen molar-refractivity contribution in [2.24, 2.45) is 0 Å². The fraction of sp³-hybridized carbons (Fsp3) is 0.625. The minimum Gasteiger partial charge on any atom is -0.284 e. The van der Waals surface area contributed by atoms with Crippen molar-refractivity contribution in [2.45, 2.75) is 24.9 Å². The third kappa shape index (κ3) is 7.22. The van der Waals surface area contributed by atoms with Gasteiger partial charge in [-0.2, -0.15) is 29.5 Å². The molecule has 0 atom stereocenters. The van der Waals surface area contributed by atoms with Gasteiger partial charge in [-0.15, -0.1) is 11.3 Å². The normalized spacial score (nSPS) is 12.1. The van der Waals surface area contributed by atoms with Gasteiger partial charge in [0.25, 0.3) is 20.2 Å². The van der Waals surface area contributed by atoms with Gasteiger partial charge in [-0.05, 0) is 26.0 Å². The van der Waals surface area contributed by atoms with Crippen LogP contribution in [0.2, 0.25) is 0 Å². The number of hydrogen-bond acceptors (Lipinski definition) is 7. The standard InChI is InChI=1S/C6H9NS2.C2H6O6S2/c1-5-6(2-3-8)9-4-7-5;1-2(9(3,4)5)10(6,7)8/h4,8H,2-3H2,1H3;2H,1H3,(H,3,4,5)(H,6,7,8). The fourth-order valence-electron chi connectivity index (χ4n) is 0.821. The van der Waals surface area contributed by atoms with Gasteiger partial charge in [-0.3, -0.25) is 9.11 Å². The van der Waals surface area contributed by atoms with Crippen molar-refractivity contribution in [3.63, 3.8) is 0 Å². The number of aryl methyl sites for hydroxylation is 2. The Labute approximate surface area is 122 Å². The highest BCUT2D eigenvalue weighted by molar-refractivity contribution is 8.03. The lowest BCUT2D eigenvalue weighted by Gasteiger charge is -2.01. The SMILES string of the molecule is CC(S(=O)(=O)O)S(=O)(=O)O.Cc1ncsc1CCS. The van der Waals surface area contributed by atoms with E-state index in [2.05, 4.69) is 17.6 Å². The Balaban J connectivity index is 0.000000342. The summed E-state index contributed by atoms with van der Waals surface area (Å²) in [7, 11) is -9.40. The van der Waals surface area contributed by atoms with Crippen LogP contribution in [0.5, 0.6) is 0 Å². The molecule has 0 spiro atoms. The summed E-state index contributed by atoms with van der Waals surface area (Å²) in [5.74, 6) is 0.920. The van der Waals surface area contributed by atoms with Gasteiger partial charge in [0, 0.05) is 4.88 Å². The van der Waals surface area contributed by atoms with E-state index < -0.39 is 24.8 Å². The number of aromatic nitrogens is 1. The predicted molar refractivity (Wildman–Crippen MR) is 77.0 cm³/mol. The van der Waals surface area contributed by atoms with Crippen LogP contribution in [0.3, 0.4) is 0 Å². The van der Waals surface area contributed by atoms with E-state index in [-0.39, 0.29) is 0 Å². The van der Waals surface area contributed by atoms with E-state index >= 15 is 0 Å². The third-order valence-electron chi connectivity index (χ3n) is 2.02. The Kier molecular flexibility index (Phi) is 7.47. The number of thiol groups is 1. The molecule has 2 N–H and O–H groups in total. The molecule has 112 valence electrons. The fourth-order valence-corrected chi connectivity index (χ4v) is 3.21. The van der Waals surface area contributed by atoms with E-state index in [0.29, 0.717) is 6.92 Å². The average Bonchev–Trinajstić information content (AvgIpc) is 2.62. The van der Waals surface area contributed by atoms with Crippen LogP contribution >= 0.6 is 24.0 Å². The monoisotopic (exact) mass is 349 g/mol. The summed E-state index contributed by atoms with van der Waals surface area (Å²) in [6.07, 6.45) is 1.06. The summed E-state index contributed by atoms with van der Waals surface area (Å²) in [4.78, 5) is 5.49. The van der Waals surface area contributed by atoms with Crippen molar-refractivity contribution < 1.29 is 25.9 Å². The lowest BCUT2D eigenvalue weighted by molar-refractivity contribution is 0.458. The number of rotatable bonds is 4. The first-order chi connectivity index (χ1) is 8.50. The molecule has 0 aliphatic heterocycles. The van der Waals surface area contributed by atoms with Crippen molar-refractivity contribution in [1.29, 1.82) is 0 Å². The lowest BCUT2D eigenvalue weighted by atomic mass is 10.3. The summed E-state index contributed by atoms with van der Waals surface area (Å²) in [5, 5.41) is 0. The van der Waals surface area contributed by atoms with Gasteiger partial charge >= 0.3 is 0 Å². The molecule has 1 heterocycles. The molecular weight excluding hydrogens is 334 g/mol. The summed E-state index contributed by atoms with van der Waals surface area (Å²) in [6, 6.07) is 0. The Morgan fingerprint density at radius 2 is 1.79 bits per heavy atom. The molecule has 1 aromatic rings. The number of nitrogens with zero attached hydrogens (tertiary/aromatic N) is 1. The average molecular weight is 349 g/mol. The van der Waals surface area contributed by atoms with Crippen molar-refractivity contribution >= 4 is 44.2 Å². The van der Waals surface area contributed by atoms with Gasteiger partial charge < -0.3 is 0 Å². The second-order valence-corrected chi connectivity index (χ2v) is 8.59. The van der Waals surface area contributed by atoms with Crippen molar-refractivity contribution in [2.75, 3.05) is 5.75 Å². The second kappa shape index (κ2) is 7.55. The topological polar surface area (TPSA) is 122 Å². The van der Waals surface area contributed by atoms with Gasteiger partial charge in [-0.25, -0.2) is 4.98 Å². The van der Waals surface area contributed by atoms with Gasteiger partial charge in [0.15, 0.2) is 0 Å². The molecule has 0 radical (unpaired) electrons. The van der Waals surface area contributed by atoms with E-state index in [1.54, 1.807) is 11.3 Å². The minimum absolute atomic E-state index is 0.657. The molecule has 0 unspecified atom stereocenters. The zero-order valence-corrected chi connectivity index (χ0v) is 13.6. The zero-order chi connectivity index (χ0) is 15.3. The van der Waals surface area contributed by atoms with E-state index in [1.165, 1.54) is 4.88 Å². The molecule has 1 aromatic heterocycles. The van der Waals surface area contributed by atoms with Gasteiger partial charge in [0.2, 0.25) is 4.58 Å². The van der Waals surface area contributed by atoms with E-state index in [0.717, 1.165) is 17.9 Å². The van der Waals surface area contributed by atoms with Gasteiger partial charge in [0.1, 0.15) is 0 Å². The second-order valence-electron chi connectivity index (χ2n) is 3.43. The molecular formula is C8H15NO6S4. The summed E-state index contributed by atoms with van der Waals surface area (Å²) in [6.45, 7) is 2.69. The van der Waals surface area contributed by atoms with Crippen LogP contribution in [0, 0.1) is 6.92 Å². The highest BCUT2D eigenvalue weighted by Crippen LogP contribution is 2.12. The maximum Gasteiger partial charge on any atom is 0.284 e. The van der Waals surface area contributed by atoms with E-state index in [9.17, 15) is 16.8 Å². The van der Waals surface area contributed by atoms with E-state index in [4.69, 9.17) is 9.11 Å². The predicted octanol–water partition coefficient (Wildman–Crippen LogP) is 1.03. The maximum absolute atomic E-state index is 9.99. The van der Waals surface area contributed by atoms with Crippen LogP contribution in [0.15, 0.2) is 5.51 Å². The van der Waals surface area contributed by atoms with Crippen molar-refractivity contribution in [3.8, 4) is 0 Å². The van der Waals surface area contributed by atoms with Crippen LogP contribution in [0.25, 0.3) is 0 Å². The van der Waals surface area contributed by atoms with Crippen LogP contribution in [0.1, 0.15) is 17.5 Å². The highest BCUT2D eigenvalue weighted by atomic mass is 32.3. The maximum atomic E-state index is 9.99. The molecule has 0 bridgehead atoms. The van der Waals surface area contributed by atoms with Crippen LogP contribution < -0.4 is 0 Å². The summed E-state index contributed by atoms with van der Waals surface area (Å²) < 4.78 is 53.9. The molecule has 19 heavy (non-hydrogen) atoms. The summed E-state index contributed by atoms with van der Waals surface area (Å²) in [5.41, 5.74) is 3.04. The first-order valence-electron chi connectivity index (χ1n) is 4.92. The third-order valence-corrected chi connectivity index (χ3v) is 6.38. The summed E-state index contributed by atoms with van der Waals surface area (Å²) >= 11 is 5.85. The molecule has 11 heteroatoms. The first-order valence-corrected chi connectivity index (χ1v) is 9.44. The lowest BCUT2D eigenvalue weighted by Crippen LogP contribution is -2.25. The molecule has 0 aliphatic rings. The number of hydrogen-bond donors (Lipinski definition) is 3. The largest absolute Gasteiger partial charge is 0.284 e. The van der Waals surface area contributed by atoms with Gasteiger partial charge in [-0.1, -0.05) is 0 Å². The van der Waals surface area contributed by atoms with Crippen molar-refractivity contribution in [1.82, 2.24) is 4.98 Å². The van der Waals surface area contributed by atoms with Crippen LogP contribution in [0.4, 0.5) is 0 Å². The quantitative estimate of drug-likeness (QED) is 0.548. The van der Waals surface area contributed by atoms with Crippen LogP contribution in [-0.4, -0.2) is 41.3 Å². The molecule has 0 saturated heterocycles. The molecule has 0 saturated carbocycles. The van der Waals surface area contributed by atoms with E-state index in [1.807, 2.05) is 12.4 Å². The Bertz CT molecular complexity index is 559. The molecule has 0 amide bonds. The smallest absolute Gasteiger partial charge is 0.284 e. The number of thiazole rings is 1. The minimum atomic E-state index is -4.70. The molecule has 0 aromatic carbocycles. The Hall–Kier alpha value is -0.200. The van der Waals surface area contributed by atoms with Gasteiger partial charge in [0.05, 0.1) is 11.2 Å². The first kappa shape index (κ1) is 18.8. The molecule has 1 rings (SSSR count).